The summed E-state index contributed by atoms with van der Waals surface area (Å²) in [5.74, 6) is 0.563. The molecule has 0 aliphatic carbocycles. The van der Waals surface area contributed by atoms with Gasteiger partial charge < -0.3 is 10.1 Å². The van der Waals surface area contributed by atoms with Gasteiger partial charge in [-0.1, -0.05) is 30.7 Å². The van der Waals surface area contributed by atoms with Gasteiger partial charge in [0.1, 0.15) is 11.8 Å². The number of anilines is 1. The Bertz CT molecular complexity index is 872. The lowest BCUT2D eigenvalue weighted by atomic mass is 10.2. The topological polar surface area (TPSA) is 74.0 Å². The maximum absolute atomic E-state index is 12.3. The molecule has 26 heavy (non-hydrogen) atoms. The molecule has 0 bridgehead atoms. The van der Waals surface area contributed by atoms with Crippen molar-refractivity contribution in [3.8, 4) is 5.75 Å². The van der Waals surface area contributed by atoms with Gasteiger partial charge in [-0.15, -0.1) is 0 Å². The molecule has 2 heterocycles. The van der Waals surface area contributed by atoms with E-state index in [4.69, 9.17) is 16.3 Å². The summed E-state index contributed by atoms with van der Waals surface area (Å²) >= 11 is 5.83. The van der Waals surface area contributed by atoms with Gasteiger partial charge in [0.05, 0.1) is 29.3 Å². The predicted molar refractivity (Wildman–Crippen MR) is 99.3 cm³/mol. The maximum Gasteiger partial charge on any atom is 0.249 e. The lowest BCUT2D eigenvalue weighted by molar-refractivity contribution is -0.119. The van der Waals surface area contributed by atoms with E-state index in [0.717, 1.165) is 12.2 Å². The minimum atomic E-state index is -0.487. The molecule has 3 rings (SSSR count). The normalized spacial score (nSPS) is 12.0. The van der Waals surface area contributed by atoms with Gasteiger partial charge in [0, 0.05) is 6.20 Å². The fourth-order valence-electron chi connectivity index (χ4n) is 2.35. The number of rotatable bonds is 7. The smallest absolute Gasteiger partial charge is 0.249 e. The Morgan fingerprint density at radius 3 is 2.65 bits per heavy atom. The van der Waals surface area contributed by atoms with Gasteiger partial charge in [-0.05, 0) is 31.0 Å². The van der Waals surface area contributed by atoms with Crippen molar-refractivity contribution < 1.29 is 9.53 Å². The van der Waals surface area contributed by atoms with Crippen LogP contribution in [0.2, 0.25) is 5.02 Å². The first kappa shape index (κ1) is 18.0. The number of nitrogens with one attached hydrogen (secondary N) is 1. The fraction of sp³-hybridized carbons (Fsp3) is 0.278. The summed E-state index contributed by atoms with van der Waals surface area (Å²) < 4.78 is 8.80. The minimum absolute atomic E-state index is 0.208. The highest BCUT2D eigenvalue weighted by Crippen LogP contribution is 2.15. The van der Waals surface area contributed by atoms with Crippen molar-refractivity contribution in [1.82, 2.24) is 19.6 Å². The number of nitrogens with zero attached hydrogens (tertiary/aromatic N) is 4. The third kappa shape index (κ3) is 4.43. The molecule has 2 aromatic heterocycles. The molecule has 0 saturated heterocycles. The molecular formula is C18H20ClN5O2. The average molecular weight is 374 g/mol. The first-order chi connectivity index (χ1) is 12.5. The van der Waals surface area contributed by atoms with Crippen LogP contribution >= 0.6 is 11.6 Å². The van der Waals surface area contributed by atoms with E-state index in [1.165, 1.54) is 16.4 Å². The highest BCUT2D eigenvalue weighted by molar-refractivity contribution is 6.30. The number of amides is 1. The Kier molecular flexibility index (Phi) is 5.58. The van der Waals surface area contributed by atoms with Gasteiger partial charge in [-0.3, -0.25) is 9.48 Å². The van der Waals surface area contributed by atoms with Crippen LogP contribution in [0.15, 0.2) is 49.1 Å². The predicted octanol–water partition coefficient (Wildman–Crippen LogP) is 3.53. The van der Waals surface area contributed by atoms with Gasteiger partial charge in [0.2, 0.25) is 5.91 Å². The van der Waals surface area contributed by atoms with Gasteiger partial charge in [0.15, 0.2) is 6.73 Å². The van der Waals surface area contributed by atoms with Crippen LogP contribution in [0.25, 0.3) is 0 Å². The molecule has 8 heteroatoms. The van der Waals surface area contributed by atoms with E-state index in [2.05, 4.69) is 22.4 Å². The molecule has 0 fully saturated rings. The number of aromatic nitrogens is 4. The van der Waals surface area contributed by atoms with Crippen molar-refractivity contribution in [2.24, 2.45) is 0 Å². The quantitative estimate of drug-likeness (QED) is 0.687. The molecule has 0 radical (unpaired) electrons. The standard InChI is InChI=1S/C18H20ClN5O2/c1-3-14-4-6-17(7-5-14)26-12-23-11-16(9-20-23)22-18(25)13(2)24-10-15(19)8-21-24/h4-11,13H,3,12H2,1-2H3,(H,22,25). The van der Waals surface area contributed by atoms with Gasteiger partial charge >= 0.3 is 0 Å². The molecule has 7 nitrogen and oxygen atoms in total. The molecule has 0 aliphatic rings. The summed E-state index contributed by atoms with van der Waals surface area (Å²) in [4.78, 5) is 12.3. The minimum Gasteiger partial charge on any atom is -0.471 e. The van der Waals surface area contributed by atoms with E-state index in [1.807, 2.05) is 24.3 Å². The van der Waals surface area contributed by atoms with Crippen molar-refractivity contribution >= 4 is 23.2 Å². The molecule has 1 atom stereocenters. The van der Waals surface area contributed by atoms with Crippen molar-refractivity contribution in [3.05, 3.63) is 59.6 Å². The number of carbonyl (C=O) groups is 1. The molecule has 0 saturated carbocycles. The second-order valence-corrected chi connectivity index (χ2v) is 6.28. The van der Waals surface area contributed by atoms with Crippen LogP contribution in [0.1, 0.15) is 25.5 Å². The Hall–Kier alpha value is -2.80. The Labute approximate surface area is 156 Å². The third-order valence-corrected chi connectivity index (χ3v) is 4.14. The van der Waals surface area contributed by atoms with Crippen molar-refractivity contribution in [2.75, 3.05) is 5.32 Å². The van der Waals surface area contributed by atoms with Gasteiger partial charge in [-0.2, -0.15) is 10.2 Å². The molecule has 1 N–H and O–H groups in total. The van der Waals surface area contributed by atoms with Crippen molar-refractivity contribution in [1.29, 1.82) is 0 Å². The molecule has 1 aromatic carbocycles. The number of hydrogen-bond donors (Lipinski definition) is 1. The second kappa shape index (κ2) is 8.05. The van der Waals surface area contributed by atoms with E-state index in [-0.39, 0.29) is 12.6 Å². The lowest BCUT2D eigenvalue weighted by Crippen LogP contribution is -2.23. The molecule has 0 aliphatic heterocycles. The zero-order valence-electron chi connectivity index (χ0n) is 14.6. The van der Waals surface area contributed by atoms with Crippen molar-refractivity contribution in [3.63, 3.8) is 0 Å². The number of ether oxygens (including phenoxy) is 1. The van der Waals surface area contributed by atoms with E-state index < -0.39 is 6.04 Å². The number of hydrogen-bond acceptors (Lipinski definition) is 4. The Balaban J connectivity index is 1.54. The zero-order valence-corrected chi connectivity index (χ0v) is 15.3. The summed E-state index contributed by atoms with van der Waals surface area (Å²) in [5, 5.41) is 11.5. The average Bonchev–Trinajstić information content (AvgIpc) is 3.28. The van der Waals surface area contributed by atoms with Gasteiger partial charge in [0.25, 0.3) is 0 Å². The van der Waals surface area contributed by atoms with Crippen LogP contribution in [-0.2, 0) is 17.9 Å². The first-order valence-corrected chi connectivity index (χ1v) is 8.67. The highest BCUT2D eigenvalue weighted by Gasteiger charge is 2.16. The fourth-order valence-corrected chi connectivity index (χ4v) is 2.50. The van der Waals surface area contributed by atoms with E-state index in [9.17, 15) is 4.79 Å². The number of benzene rings is 1. The second-order valence-electron chi connectivity index (χ2n) is 5.84. The van der Waals surface area contributed by atoms with Crippen LogP contribution in [0.5, 0.6) is 5.75 Å². The van der Waals surface area contributed by atoms with Crippen molar-refractivity contribution in [2.45, 2.75) is 33.0 Å². The van der Waals surface area contributed by atoms with Crippen LogP contribution < -0.4 is 10.1 Å². The molecule has 0 spiro atoms. The van der Waals surface area contributed by atoms with E-state index >= 15 is 0 Å². The summed E-state index contributed by atoms with van der Waals surface area (Å²) in [5.41, 5.74) is 1.85. The van der Waals surface area contributed by atoms with E-state index in [0.29, 0.717) is 10.7 Å². The number of carbonyl (C=O) groups excluding carboxylic acids is 1. The zero-order chi connectivity index (χ0) is 18.5. The summed E-state index contributed by atoms with van der Waals surface area (Å²) in [6, 6.07) is 7.45. The van der Waals surface area contributed by atoms with Crippen LogP contribution in [0.3, 0.4) is 0 Å². The lowest BCUT2D eigenvalue weighted by Gasteiger charge is -2.11. The van der Waals surface area contributed by atoms with Crippen LogP contribution in [0.4, 0.5) is 5.69 Å². The third-order valence-electron chi connectivity index (χ3n) is 3.94. The van der Waals surface area contributed by atoms with Crippen LogP contribution in [0, 0.1) is 0 Å². The maximum atomic E-state index is 12.3. The van der Waals surface area contributed by atoms with Crippen LogP contribution in [-0.4, -0.2) is 25.5 Å². The summed E-state index contributed by atoms with van der Waals surface area (Å²) in [7, 11) is 0. The SMILES string of the molecule is CCc1ccc(OCn2cc(NC(=O)C(C)n3cc(Cl)cn3)cn2)cc1. The first-order valence-electron chi connectivity index (χ1n) is 8.30. The molecule has 3 aromatic rings. The summed E-state index contributed by atoms with van der Waals surface area (Å²) in [6.45, 7) is 4.11. The van der Waals surface area contributed by atoms with E-state index in [1.54, 1.807) is 30.2 Å². The molecule has 1 amide bonds. The highest BCUT2D eigenvalue weighted by atomic mass is 35.5. The largest absolute Gasteiger partial charge is 0.471 e. The molecule has 1 unspecified atom stereocenters. The number of aryl methyl sites for hydroxylation is 1. The molecular weight excluding hydrogens is 354 g/mol. The van der Waals surface area contributed by atoms with Gasteiger partial charge in [-0.25, -0.2) is 4.68 Å². The summed E-state index contributed by atoms with van der Waals surface area (Å²) in [6.07, 6.45) is 7.37. The molecule has 136 valence electrons. The number of halogens is 1. The monoisotopic (exact) mass is 373 g/mol. The Morgan fingerprint density at radius 2 is 2.00 bits per heavy atom. The Morgan fingerprint density at radius 1 is 1.23 bits per heavy atom.